The van der Waals surface area contributed by atoms with Crippen LogP contribution in [0.1, 0.15) is 11.1 Å². The quantitative estimate of drug-likeness (QED) is 0.791. The molecule has 0 bridgehead atoms. The van der Waals surface area contributed by atoms with E-state index in [0.29, 0.717) is 6.61 Å². The van der Waals surface area contributed by atoms with Crippen LogP contribution in [0.15, 0.2) is 45.6 Å². The number of benzene rings is 1. The molecule has 0 spiro atoms. The molecule has 0 aliphatic rings. The molecule has 0 aliphatic heterocycles. The smallest absolute Gasteiger partial charge is 0.328 e. The second kappa shape index (κ2) is 7.26. The van der Waals surface area contributed by atoms with E-state index < -0.39 is 5.97 Å². The number of aliphatic carboxylic acids is 1. The summed E-state index contributed by atoms with van der Waals surface area (Å²) < 4.78 is 6.52. The number of carboxylic acids is 1. The van der Waals surface area contributed by atoms with E-state index in [0.717, 1.165) is 28.3 Å². The van der Waals surface area contributed by atoms with Crippen LogP contribution in [-0.2, 0) is 11.2 Å². The van der Waals surface area contributed by atoms with E-state index in [1.54, 1.807) is 17.4 Å². The van der Waals surface area contributed by atoms with Gasteiger partial charge in [-0.3, -0.25) is 0 Å². The molecule has 0 aliphatic carbocycles. The van der Waals surface area contributed by atoms with E-state index in [2.05, 4.69) is 32.8 Å². The second-order valence-electron chi connectivity index (χ2n) is 4.09. The summed E-state index contributed by atoms with van der Waals surface area (Å²) in [6.07, 6.45) is 3.53. The molecule has 20 heavy (non-hydrogen) atoms. The maximum atomic E-state index is 10.5. The lowest BCUT2D eigenvalue weighted by Crippen LogP contribution is -2.01. The molecule has 0 fully saturated rings. The zero-order valence-electron chi connectivity index (χ0n) is 10.6. The zero-order valence-corrected chi connectivity index (χ0v) is 13.0. The lowest BCUT2D eigenvalue weighted by Gasteiger charge is -2.08. The highest BCUT2D eigenvalue weighted by Crippen LogP contribution is 2.26. The Morgan fingerprint density at radius 1 is 1.40 bits per heavy atom. The SMILES string of the molecule is O=C(O)C=Cc1ccc(OCCc2ccsc2)c(Br)c1. The van der Waals surface area contributed by atoms with Crippen molar-refractivity contribution in [1.82, 2.24) is 0 Å². The Labute approximate surface area is 129 Å². The van der Waals surface area contributed by atoms with Gasteiger partial charge in [-0.15, -0.1) is 0 Å². The van der Waals surface area contributed by atoms with Gasteiger partial charge in [0.25, 0.3) is 0 Å². The standard InChI is InChI=1S/C15H13BrO3S/c16-13-9-11(2-4-15(17)18)1-3-14(13)19-7-5-12-6-8-20-10-12/h1-4,6,8-10H,5,7H2,(H,17,18). The molecule has 1 N–H and O–H groups in total. The van der Waals surface area contributed by atoms with Gasteiger partial charge in [-0.05, 0) is 62.1 Å². The summed E-state index contributed by atoms with van der Waals surface area (Å²) in [6, 6.07) is 7.57. The van der Waals surface area contributed by atoms with E-state index >= 15 is 0 Å². The largest absolute Gasteiger partial charge is 0.492 e. The molecule has 0 unspecified atom stereocenters. The first-order chi connectivity index (χ1) is 9.65. The fraction of sp³-hybridized carbons (Fsp3) is 0.133. The van der Waals surface area contributed by atoms with Crippen LogP contribution in [0, 0.1) is 0 Å². The molecule has 1 heterocycles. The summed E-state index contributed by atoms with van der Waals surface area (Å²) in [4.78, 5) is 10.5. The Bertz CT molecular complexity index is 606. The average Bonchev–Trinajstić information content (AvgIpc) is 2.92. The number of hydrogen-bond acceptors (Lipinski definition) is 3. The number of thiophene rings is 1. The molecule has 1 aromatic carbocycles. The summed E-state index contributed by atoms with van der Waals surface area (Å²) >= 11 is 5.11. The van der Waals surface area contributed by atoms with Gasteiger partial charge in [0, 0.05) is 12.5 Å². The van der Waals surface area contributed by atoms with Gasteiger partial charge in [0.15, 0.2) is 0 Å². The highest BCUT2D eigenvalue weighted by molar-refractivity contribution is 9.10. The van der Waals surface area contributed by atoms with Crippen molar-refractivity contribution in [3.63, 3.8) is 0 Å². The predicted octanol–water partition coefficient (Wildman–Crippen LogP) is 4.23. The van der Waals surface area contributed by atoms with Crippen LogP contribution in [-0.4, -0.2) is 17.7 Å². The van der Waals surface area contributed by atoms with Crippen LogP contribution >= 0.6 is 27.3 Å². The van der Waals surface area contributed by atoms with E-state index in [1.165, 1.54) is 5.56 Å². The number of ether oxygens (including phenoxy) is 1. The minimum absolute atomic E-state index is 0.611. The van der Waals surface area contributed by atoms with E-state index in [9.17, 15) is 4.79 Å². The highest BCUT2D eigenvalue weighted by Gasteiger charge is 2.02. The van der Waals surface area contributed by atoms with Crippen LogP contribution in [0.25, 0.3) is 6.08 Å². The molecule has 0 atom stereocenters. The average molecular weight is 353 g/mol. The fourth-order valence-corrected chi connectivity index (χ4v) is 2.83. The lowest BCUT2D eigenvalue weighted by molar-refractivity contribution is -0.131. The third kappa shape index (κ3) is 4.51. The summed E-state index contributed by atoms with van der Waals surface area (Å²) in [6.45, 7) is 0.611. The molecule has 5 heteroatoms. The minimum atomic E-state index is -0.961. The summed E-state index contributed by atoms with van der Waals surface area (Å²) in [5.74, 6) is -0.204. The Morgan fingerprint density at radius 3 is 2.90 bits per heavy atom. The highest BCUT2D eigenvalue weighted by atomic mass is 79.9. The van der Waals surface area contributed by atoms with Crippen molar-refractivity contribution in [2.75, 3.05) is 6.61 Å². The van der Waals surface area contributed by atoms with Crippen LogP contribution in [0.5, 0.6) is 5.75 Å². The fourth-order valence-electron chi connectivity index (χ4n) is 1.62. The van der Waals surface area contributed by atoms with Crippen molar-refractivity contribution in [1.29, 1.82) is 0 Å². The number of halogens is 1. The van der Waals surface area contributed by atoms with Gasteiger partial charge >= 0.3 is 5.97 Å². The Kier molecular flexibility index (Phi) is 5.38. The van der Waals surface area contributed by atoms with Crippen LogP contribution < -0.4 is 4.74 Å². The summed E-state index contributed by atoms with van der Waals surface area (Å²) in [7, 11) is 0. The molecule has 1 aromatic heterocycles. The normalized spacial score (nSPS) is 10.8. The van der Waals surface area contributed by atoms with Gasteiger partial charge < -0.3 is 9.84 Å². The molecule has 0 saturated carbocycles. The van der Waals surface area contributed by atoms with Crippen LogP contribution in [0.3, 0.4) is 0 Å². The van der Waals surface area contributed by atoms with Crippen LogP contribution in [0.2, 0.25) is 0 Å². The predicted molar refractivity (Wildman–Crippen MR) is 84.3 cm³/mol. The third-order valence-electron chi connectivity index (χ3n) is 2.60. The van der Waals surface area contributed by atoms with Gasteiger partial charge in [-0.2, -0.15) is 11.3 Å². The molecule has 2 rings (SSSR count). The Balaban J connectivity index is 1.93. The monoisotopic (exact) mass is 352 g/mol. The van der Waals surface area contributed by atoms with Gasteiger partial charge in [0.1, 0.15) is 5.75 Å². The number of hydrogen-bond donors (Lipinski definition) is 1. The minimum Gasteiger partial charge on any atom is -0.492 e. The number of carbonyl (C=O) groups is 1. The van der Waals surface area contributed by atoms with E-state index in [4.69, 9.17) is 9.84 Å². The Morgan fingerprint density at radius 2 is 2.25 bits per heavy atom. The van der Waals surface area contributed by atoms with Crippen molar-refractivity contribution < 1.29 is 14.6 Å². The molecule has 3 nitrogen and oxygen atoms in total. The maximum absolute atomic E-state index is 10.5. The van der Waals surface area contributed by atoms with Crippen molar-refractivity contribution in [2.45, 2.75) is 6.42 Å². The van der Waals surface area contributed by atoms with Crippen molar-refractivity contribution in [2.24, 2.45) is 0 Å². The van der Waals surface area contributed by atoms with Crippen LogP contribution in [0.4, 0.5) is 0 Å². The van der Waals surface area contributed by atoms with Gasteiger partial charge in [0.2, 0.25) is 0 Å². The first-order valence-corrected chi connectivity index (χ1v) is 7.73. The zero-order chi connectivity index (χ0) is 14.4. The molecule has 2 aromatic rings. The first-order valence-electron chi connectivity index (χ1n) is 5.99. The lowest BCUT2D eigenvalue weighted by atomic mass is 10.2. The topological polar surface area (TPSA) is 46.5 Å². The molecule has 0 saturated heterocycles. The van der Waals surface area contributed by atoms with Gasteiger partial charge in [-0.25, -0.2) is 4.79 Å². The summed E-state index contributed by atoms with van der Waals surface area (Å²) in [5.41, 5.74) is 2.08. The Hall–Kier alpha value is -1.59. The number of carboxylic acid groups (broad SMARTS) is 1. The summed E-state index contributed by atoms with van der Waals surface area (Å²) in [5, 5.41) is 12.7. The molecular weight excluding hydrogens is 340 g/mol. The van der Waals surface area contributed by atoms with Gasteiger partial charge in [0.05, 0.1) is 11.1 Å². The number of rotatable bonds is 6. The van der Waals surface area contributed by atoms with Crippen molar-refractivity contribution >= 4 is 39.3 Å². The molecule has 0 amide bonds. The van der Waals surface area contributed by atoms with E-state index in [1.807, 2.05) is 18.2 Å². The van der Waals surface area contributed by atoms with E-state index in [-0.39, 0.29) is 0 Å². The van der Waals surface area contributed by atoms with Crippen molar-refractivity contribution in [3.05, 3.63) is 56.7 Å². The maximum Gasteiger partial charge on any atom is 0.328 e. The third-order valence-corrected chi connectivity index (χ3v) is 3.95. The first kappa shape index (κ1) is 14.8. The van der Waals surface area contributed by atoms with Crippen molar-refractivity contribution in [3.8, 4) is 5.75 Å². The molecule has 104 valence electrons. The molecular formula is C15H13BrO3S. The van der Waals surface area contributed by atoms with Gasteiger partial charge in [-0.1, -0.05) is 6.07 Å². The molecule has 0 radical (unpaired) electrons. The second-order valence-corrected chi connectivity index (χ2v) is 5.73.